The average Bonchev–Trinajstić information content (AvgIpc) is 3.70. The van der Waals surface area contributed by atoms with Crippen molar-refractivity contribution in [2.75, 3.05) is 83.0 Å². The summed E-state index contributed by atoms with van der Waals surface area (Å²) >= 11 is 0. The number of nitrogens with zero attached hydrogens (tertiary/aromatic N) is 5. The Kier molecular flexibility index (Phi) is 13.8. The predicted molar refractivity (Wildman–Crippen MR) is 233 cm³/mol. The Bertz CT molecular complexity index is 2130. The number of rotatable bonds is 13. The summed E-state index contributed by atoms with van der Waals surface area (Å²) in [5.74, 6) is 1.00. The number of hydrogen-bond donors (Lipinski definition) is 0. The molecule has 0 radical (unpaired) electrons. The average molecular weight is 854 g/mol. The second-order valence-electron chi connectivity index (χ2n) is 16.7. The van der Waals surface area contributed by atoms with Gasteiger partial charge in [-0.2, -0.15) is 0 Å². The van der Waals surface area contributed by atoms with Crippen molar-refractivity contribution in [3.63, 3.8) is 0 Å². The first kappa shape index (κ1) is 43.3. The Balaban J connectivity index is 0.936. The van der Waals surface area contributed by atoms with Gasteiger partial charge in [0, 0.05) is 69.8 Å². The Morgan fingerprint density at radius 3 is 2.42 bits per heavy atom. The third kappa shape index (κ3) is 9.20. The lowest BCUT2D eigenvalue weighted by Gasteiger charge is -2.42. The molecule has 3 saturated heterocycles. The van der Waals surface area contributed by atoms with Crippen LogP contribution in [0.4, 0.5) is 21.0 Å². The maximum Gasteiger partial charge on any atom is 0.416 e. The summed E-state index contributed by atoms with van der Waals surface area (Å²) < 4.78 is 36.3. The predicted octanol–water partition coefficient (Wildman–Crippen LogP) is 7.13. The molecule has 332 valence electrons. The Labute approximate surface area is 363 Å². The third-order valence-corrected chi connectivity index (χ3v) is 12.6. The molecular weight excluding hydrogens is 795 g/mol. The maximum absolute atomic E-state index is 14.3. The van der Waals surface area contributed by atoms with Crippen molar-refractivity contribution in [3.8, 4) is 17.2 Å². The number of fused-ring (bicyclic) bond motifs is 5. The number of anilines is 2. The highest BCUT2D eigenvalue weighted by Gasteiger charge is 2.47. The first-order valence-corrected chi connectivity index (χ1v) is 22.3. The largest absolute Gasteiger partial charge is 0.493 e. The third-order valence-electron chi connectivity index (χ3n) is 12.6. The summed E-state index contributed by atoms with van der Waals surface area (Å²) in [6.45, 7) is 8.45. The normalized spacial score (nSPS) is 21.5. The van der Waals surface area contributed by atoms with Crippen LogP contribution < -0.4 is 24.0 Å². The van der Waals surface area contributed by atoms with Crippen molar-refractivity contribution in [1.82, 2.24) is 14.7 Å². The Morgan fingerprint density at radius 1 is 0.855 bits per heavy atom. The van der Waals surface area contributed by atoms with E-state index in [2.05, 4.69) is 11.5 Å². The van der Waals surface area contributed by atoms with Crippen LogP contribution in [0.2, 0.25) is 0 Å². The van der Waals surface area contributed by atoms with Crippen molar-refractivity contribution >= 4 is 46.1 Å². The molecule has 3 fully saturated rings. The minimum atomic E-state index is -0.857. The number of methoxy groups -OCH3 is 1. The molecule has 3 atom stereocenters. The maximum atomic E-state index is 14.3. The highest BCUT2D eigenvalue weighted by Crippen LogP contribution is 2.43. The van der Waals surface area contributed by atoms with E-state index in [0.29, 0.717) is 100.0 Å². The highest BCUT2D eigenvalue weighted by atomic mass is 16.7. The first-order valence-electron chi connectivity index (χ1n) is 22.3. The van der Waals surface area contributed by atoms with E-state index in [1.54, 1.807) is 17.0 Å². The summed E-state index contributed by atoms with van der Waals surface area (Å²) in [5, 5.41) is 1.85. The number of hydrogen-bond acceptors (Lipinski definition) is 11. The van der Waals surface area contributed by atoms with Crippen LogP contribution in [0, 0.1) is 0 Å². The van der Waals surface area contributed by atoms with Crippen LogP contribution in [-0.2, 0) is 25.4 Å². The molecule has 0 N–H and O–H groups in total. The van der Waals surface area contributed by atoms with E-state index in [9.17, 15) is 19.2 Å². The fraction of sp³-hybridized carbons (Fsp3) is 0.532. The fourth-order valence-corrected chi connectivity index (χ4v) is 9.29. The van der Waals surface area contributed by atoms with E-state index in [0.717, 1.165) is 73.6 Å². The standard InChI is InChI=1S/C47H59N5O10/c1-4-26-60-47(56)52-38-31-41(40(57-3)29-35(38)44(54)51-20-11-9-16-36(51)45(52)62-43-18-10-13-28-59-43)58-27-12-5-6-17-42(53)50-21-19-33-32-14-7-8-15-34(32)39(30-37(33)50)61-46(55)49-24-22-48(2)23-25-49/h4,7-8,14-15,29-31,36,43,45H,1,5-6,9-13,16-28H2,2-3H3. The van der Waals surface area contributed by atoms with Crippen LogP contribution in [0.1, 0.15) is 80.1 Å². The van der Waals surface area contributed by atoms with Crippen LogP contribution in [0.25, 0.3) is 10.8 Å². The summed E-state index contributed by atoms with van der Waals surface area (Å²) in [5.41, 5.74) is 2.49. The number of amides is 4. The van der Waals surface area contributed by atoms with E-state index in [1.165, 1.54) is 18.1 Å². The van der Waals surface area contributed by atoms with Crippen molar-refractivity contribution < 1.29 is 47.6 Å². The zero-order chi connectivity index (χ0) is 43.2. The number of piperazine rings is 1. The van der Waals surface area contributed by atoms with Crippen molar-refractivity contribution in [1.29, 1.82) is 0 Å². The summed E-state index contributed by atoms with van der Waals surface area (Å²) in [6, 6.07) is 12.7. The molecule has 0 aliphatic carbocycles. The van der Waals surface area contributed by atoms with Gasteiger partial charge in [0.05, 0.1) is 36.7 Å². The SMILES string of the molecule is C=CCOC(=O)N1c2cc(OCCCCCC(=O)N3CCc4c3cc(OC(=O)N3CCN(C)CC3)c3ccccc43)c(OC)cc2C(=O)N2CCCCC2C1OC1CCCCO1. The van der Waals surface area contributed by atoms with Crippen LogP contribution in [0.3, 0.4) is 0 Å². The van der Waals surface area contributed by atoms with Gasteiger partial charge in [-0.05, 0) is 88.3 Å². The zero-order valence-electron chi connectivity index (χ0n) is 36.0. The van der Waals surface area contributed by atoms with Gasteiger partial charge in [-0.1, -0.05) is 36.9 Å². The lowest BCUT2D eigenvalue weighted by atomic mass is 10.00. The van der Waals surface area contributed by atoms with Gasteiger partial charge in [0.15, 0.2) is 24.0 Å². The molecule has 0 spiro atoms. The molecule has 5 aliphatic rings. The lowest BCUT2D eigenvalue weighted by molar-refractivity contribution is -0.198. The Hall–Kier alpha value is -5.38. The molecule has 3 aromatic carbocycles. The number of piperidine rings is 1. The summed E-state index contributed by atoms with van der Waals surface area (Å²) in [6.07, 6.45) is 7.09. The number of likely N-dealkylation sites (N-methyl/N-ethyl adjacent to an activating group) is 1. The minimum absolute atomic E-state index is 0.0171. The second kappa shape index (κ2) is 19.8. The van der Waals surface area contributed by atoms with Gasteiger partial charge < -0.3 is 48.0 Å². The van der Waals surface area contributed by atoms with E-state index in [4.69, 9.17) is 28.4 Å². The monoisotopic (exact) mass is 853 g/mol. The quantitative estimate of drug-likeness (QED) is 0.128. The molecule has 5 aliphatic heterocycles. The van der Waals surface area contributed by atoms with E-state index < -0.39 is 24.7 Å². The van der Waals surface area contributed by atoms with Gasteiger partial charge >= 0.3 is 12.2 Å². The number of carbonyl (C=O) groups excluding carboxylic acids is 4. The van der Waals surface area contributed by atoms with Gasteiger partial charge in [0.2, 0.25) is 5.91 Å². The molecule has 0 saturated carbocycles. The molecular formula is C47H59N5O10. The van der Waals surface area contributed by atoms with Gasteiger partial charge in [0.1, 0.15) is 12.4 Å². The van der Waals surface area contributed by atoms with E-state index in [1.807, 2.05) is 47.2 Å². The minimum Gasteiger partial charge on any atom is -0.493 e. The molecule has 3 aromatic rings. The smallest absolute Gasteiger partial charge is 0.416 e. The molecule has 15 heteroatoms. The number of unbranched alkanes of at least 4 members (excludes halogenated alkanes) is 2. The topological polar surface area (TPSA) is 140 Å². The molecule has 3 unspecified atom stereocenters. The van der Waals surface area contributed by atoms with E-state index in [-0.39, 0.29) is 24.5 Å². The molecule has 0 bridgehead atoms. The van der Waals surface area contributed by atoms with Gasteiger partial charge in [-0.3, -0.25) is 9.59 Å². The number of benzene rings is 3. The van der Waals surface area contributed by atoms with Gasteiger partial charge in [0.25, 0.3) is 5.91 Å². The van der Waals surface area contributed by atoms with Gasteiger partial charge in [-0.25, -0.2) is 14.5 Å². The molecule has 5 heterocycles. The summed E-state index contributed by atoms with van der Waals surface area (Å²) in [4.78, 5) is 64.3. The molecule has 15 nitrogen and oxygen atoms in total. The molecule has 62 heavy (non-hydrogen) atoms. The van der Waals surface area contributed by atoms with Gasteiger partial charge in [-0.15, -0.1) is 0 Å². The van der Waals surface area contributed by atoms with Crippen molar-refractivity contribution in [3.05, 3.63) is 66.2 Å². The van der Waals surface area contributed by atoms with E-state index >= 15 is 0 Å². The number of carbonyl (C=O) groups is 4. The van der Waals surface area contributed by atoms with Crippen molar-refractivity contribution in [2.45, 2.75) is 89.2 Å². The zero-order valence-corrected chi connectivity index (χ0v) is 36.0. The fourth-order valence-electron chi connectivity index (χ4n) is 9.29. The summed E-state index contributed by atoms with van der Waals surface area (Å²) in [7, 11) is 3.56. The highest BCUT2D eigenvalue weighted by molar-refractivity contribution is 6.06. The van der Waals surface area contributed by atoms with Crippen LogP contribution in [0.5, 0.6) is 17.2 Å². The number of ether oxygens (including phenoxy) is 6. The van der Waals surface area contributed by atoms with Crippen LogP contribution in [0.15, 0.2) is 55.1 Å². The van der Waals surface area contributed by atoms with Crippen molar-refractivity contribution in [2.24, 2.45) is 0 Å². The first-order chi connectivity index (χ1) is 30.2. The Morgan fingerprint density at radius 2 is 1.65 bits per heavy atom. The molecule has 8 rings (SSSR count). The lowest BCUT2D eigenvalue weighted by Crippen LogP contribution is -2.57. The molecule has 4 amide bonds. The second-order valence-corrected chi connectivity index (χ2v) is 16.7. The van der Waals surface area contributed by atoms with Crippen LogP contribution >= 0.6 is 0 Å². The molecule has 0 aromatic heterocycles. The van der Waals surface area contributed by atoms with Crippen LogP contribution in [-0.4, -0.2) is 131 Å².